The second kappa shape index (κ2) is 10.6. The number of halogens is 1. The van der Waals surface area contributed by atoms with Gasteiger partial charge in [-0.2, -0.15) is 0 Å². The number of benzene rings is 2. The van der Waals surface area contributed by atoms with Gasteiger partial charge in [0.1, 0.15) is 5.82 Å². The smallest absolute Gasteiger partial charge is 0.123 e. The Morgan fingerprint density at radius 3 is 2.50 bits per heavy atom. The zero-order valence-corrected chi connectivity index (χ0v) is 18.8. The summed E-state index contributed by atoms with van der Waals surface area (Å²) in [7, 11) is 0. The summed E-state index contributed by atoms with van der Waals surface area (Å²) < 4.78 is 13.9. The first kappa shape index (κ1) is 22.3. The molecule has 2 heteroatoms. The van der Waals surface area contributed by atoms with E-state index < -0.39 is 0 Å². The van der Waals surface area contributed by atoms with Crippen LogP contribution in [-0.2, 0) is 0 Å². The quantitative estimate of drug-likeness (QED) is 0.577. The molecule has 160 valence electrons. The molecule has 1 fully saturated rings. The van der Waals surface area contributed by atoms with Crippen LogP contribution in [0.2, 0.25) is 0 Å². The first-order valence-corrected chi connectivity index (χ1v) is 11.4. The summed E-state index contributed by atoms with van der Waals surface area (Å²) in [5, 5.41) is 5.46. The number of nitrogens with one attached hydrogen (secondary N) is 1. The standard InChI is InChI=1S/C28H36FN/c1-5-6-27(28-19-25(29)14-9-22(28)4)24-12-10-23(11-13-24)21(3)17-18-30-26-15-7-20(2)8-16-26/h5-9,14-16,19,21,23-24,30H,4,10-13,17-18H2,1-3H3/b6-5-,28-27+. The summed E-state index contributed by atoms with van der Waals surface area (Å²) in [5.41, 5.74) is 3.76. The average molecular weight is 406 g/mol. The van der Waals surface area contributed by atoms with E-state index in [2.05, 4.69) is 62.2 Å². The lowest BCUT2D eigenvalue weighted by Gasteiger charge is -2.33. The van der Waals surface area contributed by atoms with E-state index in [1.54, 1.807) is 12.1 Å². The van der Waals surface area contributed by atoms with Gasteiger partial charge in [0.25, 0.3) is 0 Å². The molecule has 0 amide bonds. The fourth-order valence-corrected chi connectivity index (χ4v) is 4.79. The Balaban J connectivity index is 1.58. The molecule has 0 saturated heterocycles. The van der Waals surface area contributed by atoms with Gasteiger partial charge in [-0.1, -0.05) is 49.4 Å². The number of allylic oxidation sites excluding steroid dienone is 2. The fraction of sp³-hybridized carbons (Fsp3) is 0.429. The van der Waals surface area contributed by atoms with Crippen LogP contribution in [0.3, 0.4) is 0 Å². The number of rotatable bonds is 7. The van der Waals surface area contributed by atoms with Crippen LogP contribution >= 0.6 is 0 Å². The summed E-state index contributed by atoms with van der Waals surface area (Å²) in [6.45, 7) is 11.7. The summed E-state index contributed by atoms with van der Waals surface area (Å²) in [6, 6.07) is 13.6. The van der Waals surface area contributed by atoms with Gasteiger partial charge in [-0.05, 0) is 104 Å². The Kier molecular flexibility index (Phi) is 7.90. The highest BCUT2D eigenvalue weighted by atomic mass is 19.1. The highest BCUT2D eigenvalue weighted by Crippen LogP contribution is 2.38. The molecule has 1 aliphatic rings. The Bertz CT molecular complexity index is 949. The van der Waals surface area contributed by atoms with Crippen molar-refractivity contribution in [1.82, 2.24) is 0 Å². The van der Waals surface area contributed by atoms with Gasteiger partial charge in [-0.15, -0.1) is 0 Å². The molecule has 0 spiro atoms. The van der Waals surface area contributed by atoms with Crippen LogP contribution in [0.4, 0.5) is 10.1 Å². The summed E-state index contributed by atoms with van der Waals surface area (Å²) in [5.74, 6) is 1.81. The van der Waals surface area contributed by atoms with Crippen molar-refractivity contribution < 1.29 is 4.39 Å². The van der Waals surface area contributed by atoms with Gasteiger partial charge in [0.05, 0.1) is 0 Å². The van der Waals surface area contributed by atoms with Crippen LogP contribution in [0.1, 0.15) is 51.5 Å². The van der Waals surface area contributed by atoms with Crippen molar-refractivity contribution in [1.29, 1.82) is 0 Å². The number of anilines is 1. The maximum atomic E-state index is 13.9. The number of aryl methyl sites for hydroxylation is 1. The minimum atomic E-state index is -0.178. The van der Waals surface area contributed by atoms with E-state index in [-0.39, 0.29) is 5.82 Å². The van der Waals surface area contributed by atoms with Gasteiger partial charge in [-0.25, -0.2) is 4.39 Å². The minimum absolute atomic E-state index is 0.178. The van der Waals surface area contributed by atoms with E-state index in [9.17, 15) is 4.39 Å². The topological polar surface area (TPSA) is 12.0 Å². The molecule has 1 unspecified atom stereocenters. The zero-order valence-electron chi connectivity index (χ0n) is 18.8. The van der Waals surface area contributed by atoms with E-state index in [1.807, 2.05) is 6.92 Å². The van der Waals surface area contributed by atoms with Crippen molar-refractivity contribution >= 4 is 17.8 Å². The Morgan fingerprint density at radius 1 is 1.13 bits per heavy atom. The Hall–Kier alpha value is -2.35. The van der Waals surface area contributed by atoms with E-state index >= 15 is 0 Å². The highest BCUT2D eigenvalue weighted by Gasteiger charge is 2.26. The van der Waals surface area contributed by atoms with E-state index in [4.69, 9.17) is 0 Å². The second-order valence-corrected chi connectivity index (χ2v) is 8.93. The molecule has 0 bridgehead atoms. The number of hydrogen-bond acceptors (Lipinski definition) is 1. The van der Waals surface area contributed by atoms with Crippen molar-refractivity contribution in [3.05, 3.63) is 76.4 Å². The Morgan fingerprint density at radius 2 is 1.83 bits per heavy atom. The molecular weight excluding hydrogens is 369 g/mol. The molecule has 1 atom stereocenters. The van der Waals surface area contributed by atoms with Gasteiger partial charge < -0.3 is 5.32 Å². The van der Waals surface area contributed by atoms with Gasteiger partial charge in [0.2, 0.25) is 0 Å². The van der Waals surface area contributed by atoms with Crippen molar-refractivity contribution in [2.24, 2.45) is 17.8 Å². The summed E-state index contributed by atoms with van der Waals surface area (Å²) >= 11 is 0. The SMILES string of the molecule is C=c1ccc(F)c/c1=C(/C=C\C)C1CCC(C(C)CCNc2ccc(C)cc2)CC1. The molecule has 0 aliphatic heterocycles. The zero-order chi connectivity index (χ0) is 21.5. The lowest BCUT2D eigenvalue weighted by Crippen LogP contribution is -2.30. The molecule has 1 N–H and O–H groups in total. The maximum absolute atomic E-state index is 13.9. The molecule has 1 saturated carbocycles. The van der Waals surface area contributed by atoms with Crippen molar-refractivity contribution in [3.8, 4) is 0 Å². The molecule has 30 heavy (non-hydrogen) atoms. The molecule has 1 nitrogen and oxygen atoms in total. The normalized spacial score (nSPS) is 21.5. The lowest BCUT2D eigenvalue weighted by molar-refractivity contribution is 0.233. The van der Waals surface area contributed by atoms with Gasteiger partial charge >= 0.3 is 0 Å². The summed E-state index contributed by atoms with van der Waals surface area (Å²) in [4.78, 5) is 0. The average Bonchev–Trinajstić information content (AvgIpc) is 2.75. The van der Waals surface area contributed by atoms with Gasteiger partial charge in [-0.3, -0.25) is 0 Å². The molecule has 1 aliphatic carbocycles. The van der Waals surface area contributed by atoms with E-state index in [1.165, 1.54) is 55.0 Å². The molecule has 0 heterocycles. The van der Waals surface area contributed by atoms with E-state index in [0.717, 1.165) is 22.9 Å². The molecular formula is C28H36FN. The maximum Gasteiger partial charge on any atom is 0.123 e. The molecule has 2 aromatic carbocycles. The fourth-order valence-electron chi connectivity index (χ4n) is 4.79. The molecule has 3 rings (SSSR count). The summed E-state index contributed by atoms with van der Waals surface area (Å²) in [6.07, 6.45) is 10.3. The lowest BCUT2D eigenvalue weighted by atomic mass is 9.73. The van der Waals surface area contributed by atoms with Crippen LogP contribution in [0.25, 0.3) is 12.2 Å². The van der Waals surface area contributed by atoms with Crippen LogP contribution < -0.4 is 15.8 Å². The Labute approximate surface area is 181 Å². The van der Waals surface area contributed by atoms with E-state index in [0.29, 0.717) is 11.8 Å². The van der Waals surface area contributed by atoms with Crippen LogP contribution in [0, 0.1) is 30.5 Å². The molecule has 0 aromatic heterocycles. The third kappa shape index (κ3) is 5.84. The predicted molar refractivity (Wildman–Crippen MR) is 128 cm³/mol. The largest absolute Gasteiger partial charge is 0.385 e. The highest BCUT2D eigenvalue weighted by molar-refractivity contribution is 5.59. The first-order chi connectivity index (χ1) is 14.5. The third-order valence-electron chi connectivity index (χ3n) is 6.73. The molecule has 2 aromatic rings. The van der Waals surface area contributed by atoms with Crippen molar-refractivity contribution in [3.63, 3.8) is 0 Å². The second-order valence-electron chi connectivity index (χ2n) is 8.93. The van der Waals surface area contributed by atoms with Crippen LogP contribution in [-0.4, -0.2) is 6.54 Å². The van der Waals surface area contributed by atoms with Gasteiger partial charge in [0.15, 0.2) is 0 Å². The van der Waals surface area contributed by atoms with Crippen molar-refractivity contribution in [2.45, 2.75) is 52.9 Å². The number of hydrogen-bond donors (Lipinski definition) is 1. The van der Waals surface area contributed by atoms with Crippen LogP contribution in [0.5, 0.6) is 0 Å². The molecule has 0 radical (unpaired) electrons. The van der Waals surface area contributed by atoms with Gasteiger partial charge in [0, 0.05) is 12.2 Å². The minimum Gasteiger partial charge on any atom is -0.385 e. The predicted octanol–water partition coefficient (Wildman–Crippen LogP) is 6.22. The van der Waals surface area contributed by atoms with Crippen LogP contribution in [0.15, 0.2) is 54.6 Å². The third-order valence-corrected chi connectivity index (χ3v) is 6.73. The van der Waals surface area contributed by atoms with Crippen molar-refractivity contribution in [2.75, 3.05) is 11.9 Å². The first-order valence-electron chi connectivity index (χ1n) is 11.4. The monoisotopic (exact) mass is 405 g/mol.